The number of amides is 1. The molecule has 2 aromatic rings. The lowest BCUT2D eigenvalue weighted by Gasteiger charge is -2.24. The number of benzene rings is 1. The van der Waals surface area contributed by atoms with E-state index in [2.05, 4.69) is 10.4 Å². The van der Waals surface area contributed by atoms with Crippen molar-refractivity contribution in [3.05, 3.63) is 47.8 Å². The molecule has 2 saturated heterocycles. The number of fused-ring (bicyclic) bond motifs is 2. The molecule has 26 heavy (non-hydrogen) atoms. The average molecular weight is 364 g/mol. The molecule has 1 N–H and O–H groups in total. The predicted molar refractivity (Wildman–Crippen MR) is 89.0 cm³/mol. The third-order valence-corrected chi connectivity index (χ3v) is 5.05. The number of likely N-dealkylation sites (tertiary alicyclic amines) is 1. The molecule has 2 aliphatic rings. The summed E-state index contributed by atoms with van der Waals surface area (Å²) in [5.74, 6) is -0.0931. The van der Waals surface area contributed by atoms with E-state index >= 15 is 0 Å². The fourth-order valence-corrected chi connectivity index (χ4v) is 3.71. The minimum absolute atomic E-state index is 0.0931. The van der Waals surface area contributed by atoms with Gasteiger partial charge >= 0.3 is 6.18 Å². The number of carbonyl (C=O) groups excluding carboxylic acids is 1. The zero-order chi connectivity index (χ0) is 18.3. The maximum Gasteiger partial charge on any atom is 0.435 e. The maximum absolute atomic E-state index is 12.9. The van der Waals surface area contributed by atoms with Gasteiger partial charge in [0.15, 0.2) is 5.69 Å². The maximum atomic E-state index is 12.9. The van der Waals surface area contributed by atoms with Gasteiger partial charge in [0.05, 0.1) is 5.69 Å². The molecule has 1 amide bonds. The molecule has 1 aromatic heterocycles. The molecule has 3 heterocycles. The van der Waals surface area contributed by atoms with Gasteiger partial charge in [-0.3, -0.25) is 4.79 Å². The number of hydrogen-bond donors (Lipinski definition) is 1. The molecule has 2 aliphatic heterocycles. The standard InChI is InChI=1S/C18H19F3N4O/c19-18(20,21)16-7-9-25(23-16)15-3-1-2-12(10-15)17(26)24-8-6-13-4-5-14(11-24)22-13/h1-3,7,9-10,13-14,22H,4-6,8,11H2. The second-order valence-corrected chi connectivity index (χ2v) is 6.87. The monoisotopic (exact) mass is 364 g/mol. The number of carbonyl (C=O) groups is 1. The quantitative estimate of drug-likeness (QED) is 0.892. The molecule has 4 rings (SSSR count). The zero-order valence-corrected chi connectivity index (χ0v) is 14.0. The molecule has 0 aliphatic carbocycles. The van der Waals surface area contributed by atoms with Crippen LogP contribution in [0.1, 0.15) is 35.3 Å². The van der Waals surface area contributed by atoms with Crippen molar-refractivity contribution in [3.8, 4) is 5.69 Å². The number of alkyl halides is 3. The van der Waals surface area contributed by atoms with E-state index in [0.717, 1.165) is 30.0 Å². The van der Waals surface area contributed by atoms with Gasteiger partial charge in [0.2, 0.25) is 0 Å². The molecule has 2 fully saturated rings. The number of hydrogen-bond acceptors (Lipinski definition) is 3. The van der Waals surface area contributed by atoms with E-state index in [-0.39, 0.29) is 5.91 Å². The lowest BCUT2D eigenvalue weighted by molar-refractivity contribution is -0.141. The van der Waals surface area contributed by atoms with E-state index in [4.69, 9.17) is 0 Å². The van der Waals surface area contributed by atoms with Crippen LogP contribution in [0.25, 0.3) is 5.69 Å². The lowest BCUT2D eigenvalue weighted by atomic mass is 10.1. The van der Waals surface area contributed by atoms with Gasteiger partial charge in [-0.2, -0.15) is 18.3 Å². The van der Waals surface area contributed by atoms with Crippen molar-refractivity contribution >= 4 is 5.91 Å². The number of nitrogens with one attached hydrogen (secondary N) is 1. The van der Waals surface area contributed by atoms with Gasteiger partial charge in [-0.15, -0.1) is 0 Å². The van der Waals surface area contributed by atoms with Gasteiger partial charge < -0.3 is 10.2 Å². The molecule has 2 atom stereocenters. The van der Waals surface area contributed by atoms with E-state index in [0.29, 0.717) is 36.4 Å². The van der Waals surface area contributed by atoms with E-state index in [1.54, 1.807) is 24.3 Å². The van der Waals surface area contributed by atoms with Gasteiger partial charge in [0.25, 0.3) is 5.91 Å². The number of nitrogens with zero attached hydrogens (tertiary/aromatic N) is 3. The topological polar surface area (TPSA) is 50.2 Å². The van der Waals surface area contributed by atoms with Crippen molar-refractivity contribution in [2.45, 2.75) is 37.5 Å². The van der Waals surface area contributed by atoms with Crippen molar-refractivity contribution < 1.29 is 18.0 Å². The van der Waals surface area contributed by atoms with Crippen molar-refractivity contribution in [1.29, 1.82) is 0 Å². The summed E-state index contributed by atoms with van der Waals surface area (Å²) in [7, 11) is 0. The van der Waals surface area contributed by atoms with Gasteiger partial charge in [-0.1, -0.05) is 6.07 Å². The van der Waals surface area contributed by atoms with Crippen LogP contribution < -0.4 is 5.32 Å². The van der Waals surface area contributed by atoms with Gasteiger partial charge in [0.1, 0.15) is 0 Å². The second kappa shape index (κ2) is 6.42. The first-order valence-electron chi connectivity index (χ1n) is 8.69. The molecule has 2 bridgehead atoms. The van der Waals surface area contributed by atoms with Crippen LogP contribution in [0.15, 0.2) is 36.5 Å². The van der Waals surface area contributed by atoms with E-state index in [9.17, 15) is 18.0 Å². The summed E-state index contributed by atoms with van der Waals surface area (Å²) in [6.45, 7) is 1.36. The predicted octanol–water partition coefficient (Wildman–Crippen LogP) is 2.86. The molecule has 8 heteroatoms. The lowest BCUT2D eigenvalue weighted by Crippen LogP contribution is -2.39. The Morgan fingerprint density at radius 3 is 2.73 bits per heavy atom. The summed E-state index contributed by atoms with van der Waals surface area (Å²) in [6, 6.07) is 8.31. The summed E-state index contributed by atoms with van der Waals surface area (Å²) in [6.07, 6.45) is -0.0840. The highest BCUT2D eigenvalue weighted by Crippen LogP contribution is 2.28. The Hall–Kier alpha value is -2.35. The first-order valence-corrected chi connectivity index (χ1v) is 8.69. The van der Waals surface area contributed by atoms with Crippen molar-refractivity contribution in [2.24, 2.45) is 0 Å². The fourth-order valence-electron chi connectivity index (χ4n) is 3.71. The third kappa shape index (κ3) is 3.33. The fraction of sp³-hybridized carbons (Fsp3) is 0.444. The molecule has 0 saturated carbocycles. The minimum atomic E-state index is -4.49. The summed E-state index contributed by atoms with van der Waals surface area (Å²) in [5, 5.41) is 7.10. The van der Waals surface area contributed by atoms with Crippen LogP contribution in [0.3, 0.4) is 0 Å². The van der Waals surface area contributed by atoms with Gasteiger partial charge in [0, 0.05) is 36.9 Å². The van der Waals surface area contributed by atoms with Gasteiger partial charge in [-0.05, 0) is 43.5 Å². The van der Waals surface area contributed by atoms with Crippen LogP contribution in [-0.2, 0) is 6.18 Å². The zero-order valence-electron chi connectivity index (χ0n) is 14.0. The highest BCUT2D eigenvalue weighted by molar-refractivity contribution is 5.94. The Bertz CT molecular complexity index is 817. The third-order valence-electron chi connectivity index (χ3n) is 5.05. The Kier molecular flexibility index (Phi) is 4.22. The Labute approximate surface area is 148 Å². The second-order valence-electron chi connectivity index (χ2n) is 6.87. The highest BCUT2D eigenvalue weighted by Gasteiger charge is 2.34. The van der Waals surface area contributed by atoms with Crippen LogP contribution in [0, 0.1) is 0 Å². The minimum Gasteiger partial charge on any atom is -0.337 e. The summed E-state index contributed by atoms with van der Waals surface area (Å²) in [4.78, 5) is 14.7. The molecular formula is C18H19F3N4O. The van der Waals surface area contributed by atoms with Crippen LogP contribution in [0.2, 0.25) is 0 Å². The van der Waals surface area contributed by atoms with Crippen LogP contribution in [0.4, 0.5) is 13.2 Å². The van der Waals surface area contributed by atoms with Crippen LogP contribution in [0.5, 0.6) is 0 Å². The molecule has 0 radical (unpaired) electrons. The number of halogens is 3. The van der Waals surface area contributed by atoms with Crippen molar-refractivity contribution in [1.82, 2.24) is 20.0 Å². The average Bonchev–Trinajstić information content (AvgIpc) is 3.21. The number of aromatic nitrogens is 2. The molecule has 1 aromatic carbocycles. The first-order chi connectivity index (χ1) is 12.4. The Balaban J connectivity index is 1.55. The van der Waals surface area contributed by atoms with E-state index in [1.807, 2.05) is 4.90 Å². The summed E-state index contributed by atoms with van der Waals surface area (Å²) in [5.41, 5.74) is -0.0611. The van der Waals surface area contributed by atoms with E-state index < -0.39 is 11.9 Å². The molecular weight excluding hydrogens is 345 g/mol. The smallest absolute Gasteiger partial charge is 0.337 e. The molecule has 2 unspecified atom stereocenters. The van der Waals surface area contributed by atoms with Crippen LogP contribution in [-0.4, -0.2) is 45.8 Å². The largest absolute Gasteiger partial charge is 0.435 e. The summed E-state index contributed by atoms with van der Waals surface area (Å²) < 4.78 is 39.4. The Morgan fingerprint density at radius 2 is 1.96 bits per heavy atom. The molecule has 5 nitrogen and oxygen atoms in total. The van der Waals surface area contributed by atoms with E-state index in [1.165, 1.54) is 6.20 Å². The normalized spacial score (nSPS) is 23.1. The van der Waals surface area contributed by atoms with Crippen LogP contribution >= 0.6 is 0 Å². The van der Waals surface area contributed by atoms with Crippen molar-refractivity contribution in [2.75, 3.05) is 13.1 Å². The highest BCUT2D eigenvalue weighted by atomic mass is 19.4. The summed E-state index contributed by atoms with van der Waals surface area (Å²) >= 11 is 0. The number of rotatable bonds is 2. The van der Waals surface area contributed by atoms with Crippen molar-refractivity contribution in [3.63, 3.8) is 0 Å². The Morgan fingerprint density at radius 1 is 1.15 bits per heavy atom. The van der Waals surface area contributed by atoms with Gasteiger partial charge in [-0.25, -0.2) is 4.68 Å². The first kappa shape index (κ1) is 17.1. The molecule has 138 valence electrons. The molecule has 0 spiro atoms. The SMILES string of the molecule is O=C(c1cccc(-n2ccc(C(F)(F)F)n2)c1)N1CCC2CCC(C1)N2.